The van der Waals surface area contributed by atoms with E-state index in [9.17, 15) is 4.79 Å². The molecule has 0 saturated carbocycles. The van der Waals surface area contributed by atoms with Crippen LogP contribution in [-0.2, 0) is 16.8 Å². The van der Waals surface area contributed by atoms with Crippen LogP contribution in [0.5, 0.6) is 5.75 Å². The molecule has 3 aromatic carbocycles. The molecule has 0 spiro atoms. The maximum atomic E-state index is 13.0. The maximum absolute atomic E-state index is 13.0. The van der Waals surface area contributed by atoms with Crippen LogP contribution in [0.2, 0.25) is 0 Å². The van der Waals surface area contributed by atoms with Crippen molar-refractivity contribution in [2.75, 3.05) is 12.4 Å². The summed E-state index contributed by atoms with van der Waals surface area (Å²) < 4.78 is 11.6. The van der Waals surface area contributed by atoms with Gasteiger partial charge in [-0.05, 0) is 67.2 Å². The van der Waals surface area contributed by atoms with E-state index < -0.39 is 0 Å². The first kappa shape index (κ1) is 24.6. The Morgan fingerprint density at radius 3 is 2.29 bits per heavy atom. The molecule has 0 aromatic heterocycles. The van der Waals surface area contributed by atoms with Crippen LogP contribution in [0.3, 0.4) is 0 Å². The number of carbonyl (C=O) groups is 1. The fraction of sp³-hybridized carbons (Fsp3) is 0.323. The highest BCUT2D eigenvalue weighted by molar-refractivity contribution is 5.91. The molecule has 1 heterocycles. The minimum Gasteiger partial charge on any atom is -0.496 e. The summed E-state index contributed by atoms with van der Waals surface area (Å²) in [5.41, 5.74) is 7.78. The maximum Gasteiger partial charge on any atom is 0.338 e. The SMILES string of the molecule is COc1ccccc1-c1ccc2c(c1COC(=O)c1ccc(C(C)(C)C)cc1)C(C)=CC(C)(C)N2. The molecule has 0 fully saturated rings. The molecule has 0 unspecified atom stereocenters. The Morgan fingerprint density at radius 2 is 1.63 bits per heavy atom. The Morgan fingerprint density at radius 1 is 0.943 bits per heavy atom. The Hall–Kier alpha value is -3.53. The number of carbonyl (C=O) groups excluding carboxylic acids is 1. The van der Waals surface area contributed by atoms with Crippen LogP contribution in [0.25, 0.3) is 16.7 Å². The number of fused-ring (bicyclic) bond motifs is 1. The molecule has 1 aliphatic heterocycles. The van der Waals surface area contributed by atoms with Crippen molar-refractivity contribution in [2.24, 2.45) is 0 Å². The highest BCUT2D eigenvalue weighted by Gasteiger charge is 2.27. The summed E-state index contributed by atoms with van der Waals surface area (Å²) in [6, 6.07) is 19.8. The number of rotatable bonds is 5. The van der Waals surface area contributed by atoms with E-state index in [0.29, 0.717) is 5.56 Å². The predicted molar refractivity (Wildman–Crippen MR) is 144 cm³/mol. The molecule has 3 aromatic rings. The van der Waals surface area contributed by atoms with E-state index in [1.54, 1.807) is 7.11 Å². The van der Waals surface area contributed by atoms with Gasteiger partial charge in [0.1, 0.15) is 12.4 Å². The van der Waals surface area contributed by atoms with Crippen LogP contribution in [-0.4, -0.2) is 18.6 Å². The molecule has 182 valence electrons. The quantitative estimate of drug-likeness (QED) is 0.390. The number of hydrogen-bond donors (Lipinski definition) is 1. The van der Waals surface area contributed by atoms with Crippen molar-refractivity contribution in [2.45, 2.75) is 59.1 Å². The molecular weight excluding hydrogens is 434 g/mol. The van der Waals surface area contributed by atoms with Crippen molar-refractivity contribution in [3.8, 4) is 16.9 Å². The Labute approximate surface area is 209 Å². The van der Waals surface area contributed by atoms with Gasteiger partial charge >= 0.3 is 5.97 Å². The summed E-state index contributed by atoms with van der Waals surface area (Å²) >= 11 is 0. The van der Waals surface area contributed by atoms with Gasteiger partial charge in [-0.1, -0.05) is 63.2 Å². The molecule has 1 N–H and O–H groups in total. The first-order valence-corrected chi connectivity index (χ1v) is 12.0. The van der Waals surface area contributed by atoms with E-state index in [-0.39, 0.29) is 23.5 Å². The Balaban J connectivity index is 1.73. The third-order valence-corrected chi connectivity index (χ3v) is 6.47. The molecule has 0 radical (unpaired) electrons. The number of nitrogens with one attached hydrogen (secondary N) is 1. The van der Waals surface area contributed by atoms with Crippen molar-refractivity contribution in [3.63, 3.8) is 0 Å². The number of hydrogen-bond acceptors (Lipinski definition) is 4. The first-order chi connectivity index (χ1) is 16.5. The number of anilines is 1. The van der Waals surface area contributed by atoms with Crippen molar-refractivity contribution in [1.82, 2.24) is 0 Å². The minimum atomic E-state index is -0.334. The summed E-state index contributed by atoms with van der Waals surface area (Å²) in [4.78, 5) is 13.0. The van der Waals surface area contributed by atoms with Gasteiger partial charge in [-0.2, -0.15) is 0 Å². The molecule has 35 heavy (non-hydrogen) atoms. The van der Waals surface area contributed by atoms with Gasteiger partial charge in [-0.3, -0.25) is 0 Å². The van der Waals surface area contributed by atoms with E-state index in [0.717, 1.165) is 39.3 Å². The van der Waals surface area contributed by atoms with E-state index in [1.807, 2.05) is 48.5 Å². The van der Waals surface area contributed by atoms with Gasteiger partial charge in [-0.15, -0.1) is 0 Å². The smallest absolute Gasteiger partial charge is 0.338 e. The lowest BCUT2D eigenvalue weighted by atomic mass is 9.85. The summed E-state index contributed by atoms with van der Waals surface area (Å²) in [6.07, 6.45) is 2.22. The van der Waals surface area contributed by atoms with Gasteiger partial charge in [0.25, 0.3) is 0 Å². The van der Waals surface area contributed by atoms with E-state index in [1.165, 1.54) is 5.56 Å². The molecule has 0 bridgehead atoms. The molecule has 4 rings (SSSR count). The van der Waals surface area contributed by atoms with Gasteiger partial charge < -0.3 is 14.8 Å². The van der Waals surface area contributed by atoms with Gasteiger partial charge in [0.05, 0.1) is 18.2 Å². The number of benzene rings is 3. The van der Waals surface area contributed by atoms with Gasteiger partial charge in [0, 0.05) is 22.4 Å². The van der Waals surface area contributed by atoms with Gasteiger partial charge in [0.15, 0.2) is 0 Å². The normalized spacial score (nSPS) is 14.4. The Kier molecular flexibility index (Phi) is 6.50. The standard InChI is InChI=1S/C31H35NO3/c1-20-18-31(5,6)32-26-17-16-23(24-10-8-9-11-27(24)34-7)25(28(20)26)19-35-29(33)21-12-14-22(15-13-21)30(2,3)4/h8-18,32H,19H2,1-7H3. The summed E-state index contributed by atoms with van der Waals surface area (Å²) in [5.74, 6) is 0.447. The second-order valence-electron chi connectivity index (χ2n) is 10.8. The lowest BCUT2D eigenvalue weighted by Gasteiger charge is -2.33. The van der Waals surface area contributed by atoms with E-state index in [2.05, 4.69) is 65.1 Å². The molecule has 4 heteroatoms. The molecular formula is C31H35NO3. The van der Waals surface area contributed by atoms with Crippen LogP contribution >= 0.6 is 0 Å². The van der Waals surface area contributed by atoms with Gasteiger partial charge in [0.2, 0.25) is 0 Å². The second kappa shape index (κ2) is 9.26. The molecule has 0 atom stereocenters. The van der Waals surface area contributed by atoms with Crippen molar-refractivity contribution in [1.29, 1.82) is 0 Å². The number of para-hydroxylation sites is 1. The molecule has 0 saturated heterocycles. The van der Waals surface area contributed by atoms with Crippen molar-refractivity contribution < 1.29 is 14.3 Å². The summed E-state index contributed by atoms with van der Waals surface area (Å²) in [7, 11) is 1.67. The van der Waals surface area contributed by atoms with Crippen LogP contribution in [0.4, 0.5) is 5.69 Å². The molecule has 0 aliphatic carbocycles. The van der Waals surface area contributed by atoms with Crippen molar-refractivity contribution >= 4 is 17.2 Å². The lowest BCUT2D eigenvalue weighted by Crippen LogP contribution is -2.32. The highest BCUT2D eigenvalue weighted by Crippen LogP contribution is 2.42. The topological polar surface area (TPSA) is 47.6 Å². The molecule has 1 aliphatic rings. The van der Waals surface area contributed by atoms with Gasteiger partial charge in [-0.25, -0.2) is 4.79 Å². The van der Waals surface area contributed by atoms with Crippen LogP contribution in [0.1, 0.15) is 68.6 Å². The Bertz CT molecular complexity index is 1280. The monoisotopic (exact) mass is 469 g/mol. The number of esters is 1. The number of methoxy groups -OCH3 is 1. The van der Waals surface area contributed by atoms with Crippen LogP contribution in [0.15, 0.2) is 66.7 Å². The lowest BCUT2D eigenvalue weighted by molar-refractivity contribution is 0.0473. The third kappa shape index (κ3) is 5.12. The summed E-state index contributed by atoms with van der Waals surface area (Å²) in [5, 5.41) is 3.61. The minimum absolute atomic E-state index is 0.0276. The molecule has 4 nitrogen and oxygen atoms in total. The third-order valence-electron chi connectivity index (χ3n) is 6.47. The average Bonchev–Trinajstić information content (AvgIpc) is 2.81. The van der Waals surface area contributed by atoms with Crippen LogP contribution < -0.4 is 10.1 Å². The largest absolute Gasteiger partial charge is 0.496 e. The zero-order valence-electron chi connectivity index (χ0n) is 21.8. The zero-order valence-corrected chi connectivity index (χ0v) is 21.8. The van der Waals surface area contributed by atoms with Crippen molar-refractivity contribution in [3.05, 3.63) is 89.0 Å². The first-order valence-electron chi connectivity index (χ1n) is 12.0. The second-order valence-corrected chi connectivity index (χ2v) is 10.8. The molecule has 0 amide bonds. The fourth-order valence-corrected chi connectivity index (χ4v) is 4.80. The van der Waals surface area contributed by atoms with E-state index in [4.69, 9.17) is 9.47 Å². The summed E-state index contributed by atoms with van der Waals surface area (Å²) in [6.45, 7) is 13.0. The predicted octanol–water partition coefficient (Wildman–Crippen LogP) is 7.62. The van der Waals surface area contributed by atoms with E-state index >= 15 is 0 Å². The van der Waals surface area contributed by atoms with Crippen LogP contribution in [0, 0.1) is 0 Å². The number of allylic oxidation sites excluding steroid dienone is 1. The number of ether oxygens (including phenoxy) is 2. The average molecular weight is 470 g/mol. The fourth-order valence-electron chi connectivity index (χ4n) is 4.80. The zero-order chi connectivity index (χ0) is 25.4. The highest BCUT2D eigenvalue weighted by atomic mass is 16.5.